The number of carbonyl (C=O) groups excluding carboxylic acids is 1. The second-order valence-corrected chi connectivity index (χ2v) is 3.78. The third-order valence-electron chi connectivity index (χ3n) is 2.78. The van der Waals surface area contributed by atoms with Gasteiger partial charge in [-0.05, 0) is 31.6 Å². The zero-order chi connectivity index (χ0) is 9.52. The Balaban J connectivity index is 2.01. The van der Waals surface area contributed by atoms with Gasteiger partial charge >= 0.3 is 5.97 Å². The third-order valence-corrected chi connectivity index (χ3v) is 2.78. The summed E-state index contributed by atoms with van der Waals surface area (Å²) in [5.74, 6) is 0.789. The van der Waals surface area contributed by atoms with Crippen molar-refractivity contribution in [2.45, 2.75) is 32.1 Å². The SMILES string of the molecule is COC(=O)CCCC1CC[NH2+]CC1. The maximum atomic E-state index is 10.8. The van der Waals surface area contributed by atoms with Gasteiger partial charge in [0.1, 0.15) is 0 Å². The Morgan fingerprint density at radius 3 is 2.77 bits per heavy atom. The van der Waals surface area contributed by atoms with E-state index in [1.807, 2.05) is 0 Å². The predicted octanol–water partition coefficient (Wildman–Crippen LogP) is 0.303. The summed E-state index contributed by atoms with van der Waals surface area (Å²) in [6, 6.07) is 0. The minimum atomic E-state index is -0.0672. The van der Waals surface area contributed by atoms with Crippen LogP contribution < -0.4 is 5.32 Å². The molecule has 0 aromatic rings. The predicted molar refractivity (Wildman–Crippen MR) is 50.3 cm³/mol. The first-order valence-electron chi connectivity index (χ1n) is 5.21. The molecule has 0 bridgehead atoms. The van der Waals surface area contributed by atoms with Gasteiger partial charge in [-0.2, -0.15) is 0 Å². The highest BCUT2D eigenvalue weighted by Crippen LogP contribution is 2.16. The Morgan fingerprint density at radius 1 is 1.46 bits per heavy atom. The van der Waals surface area contributed by atoms with E-state index in [9.17, 15) is 4.79 Å². The quantitative estimate of drug-likeness (QED) is 0.642. The maximum Gasteiger partial charge on any atom is 0.305 e. The summed E-state index contributed by atoms with van der Waals surface area (Å²) in [7, 11) is 1.46. The maximum absolute atomic E-state index is 10.8. The van der Waals surface area contributed by atoms with E-state index in [-0.39, 0.29) is 5.97 Å². The van der Waals surface area contributed by atoms with Crippen molar-refractivity contribution in [1.29, 1.82) is 0 Å². The van der Waals surface area contributed by atoms with E-state index in [2.05, 4.69) is 10.1 Å². The molecule has 0 aromatic heterocycles. The summed E-state index contributed by atoms with van der Waals surface area (Å²) in [4.78, 5) is 10.8. The first-order valence-corrected chi connectivity index (χ1v) is 5.21. The molecule has 0 atom stereocenters. The third kappa shape index (κ3) is 4.27. The highest BCUT2D eigenvalue weighted by Gasteiger charge is 2.15. The lowest BCUT2D eigenvalue weighted by molar-refractivity contribution is -0.664. The van der Waals surface area contributed by atoms with Crippen molar-refractivity contribution in [2.75, 3.05) is 20.2 Å². The van der Waals surface area contributed by atoms with Gasteiger partial charge in [-0.15, -0.1) is 0 Å². The molecule has 1 rings (SSSR count). The number of quaternary nitrogens is 1. The number of methoxy groups -OCH3 is 1. The fourth-order valence-electron chi connectivity index (χ4n) is 1.92. The Kier molecular flexibility index (Phi) is 4.83. The normalized spacial score (nSPS) is 18.5. The minimum Gasteiger partial charge on any atom is -0.469 e. The molecule has 0 amide bonds. The molecular formula is C10H20NO2+. The van der Waals surface area contributed by atoms with Crippen LogP contribution in [0.1, 0.15) is 32.1 Å². The monoisotopic (exact) mass is 186 g/mol. The van der Waals surface area contributed by atoms with E-state index in [1.165, 1.54) is 39.5 Å². The number of esters is 1. The Morgan fingerprint density at radius 2 is 2.15 bits per heavy atom. The van der Waals surface area contributed by atoms with Crippen molar-refractivity contribution >= 4 is 5.97 Å². The molecule has 3 nitrogen and oxygen atoms in total. The largest absolute Gasteiger partial charge is 0.469 e. The molecule has 1 fully saturated rings. The molecule has 1 aliphatic rings. The smallest absolute Gasteiger partial charge is 0.305 e. The van der Waals surface area contributed by atoms with Gasteiger partial charge in [0.15, 0.2) is 0 Å². The van der Waals surface area contributed by atoms with Crippen LogP contribution in [0.3, 0.4) is 0 Å². The van der Waals surface area contributed by atoms with Gasteiger partial charge in [0.25, 0.3) is 0 Å². The van der Waals surface area contributed by atoms with Crippen LogP contribution in [0.4, 0.5) is 0 Å². The van der Waals surface area contributed by atoms with Gasteiger partial charge in [-0.1, -0.05) is 0 Å². The number of carbonyl (C=O) groups is 1. The Hall–Kier alpha value is -0.570. The van der Waals surface area contributed by atoms with E-state index in [4.69, 9.17) is 0 Å². The van der Waals surface area contributed by atoms with Gasteiger partial charge < -0.3 is 10.1 Å². The molecule has 2 N–H and O–H groups in total. The van der Waals surface area contributed by atoms with Crippen LogP contribution in [0, 0.1) is 5.92 Å². The van der Waals surface area contributed by atoms with Crippen LogP contribution in [0.5, 0.6) is 0 Å². The summed E-state index contributed by atoms with van der Waals surface area (Å²) in [5.41, 5.74) is 0. The summed E-state index contributed by atoms with van der Waals surface area (Å²) < 4.78 is 4.59. The lowest BCUT2D eigenvalue weighted by Gasteiger charge is -2.19. The standard InChI is InChI=1S/C10H19NO2/c1-13-10(12)4-2-3-9-5-7-11-8-6-9/h9,11H,2-8H2,1H3/p+1. The topological polar surface area (TPSA) is 42.9 Å². The van der Waals surface area contributed by atoms with E-state index in [0.29, 0.717) is 6.42 Å². The zero-order valence-electron chi connectivity index (χ0n) is 8.42. The van der Waals surface area contributed by atoms with Gasteiger partial charge in [-0.25, -0.2) is 0 Å². The molecule has 0 aromatic carbocycles. The van der Waals surface area contributed by atoms with Gasteiger partial charge in [-0.3, -0.25) is 4.79 Å². The molecular weight excluding hydrogens is 166 g/mol. The molecule has 1 aliphatic heterocycles. The van der Waals surface area contributed by atoms with E-state index < -0.39 is 0 Å². The van der Waals surface area contributed by atoms with Crippen molar-refractivity contribution in [2.24, 2.45) is 5.92 Å². The minimum absolute atomic E-state index is 0.0672. The summed E-state index contributed by atoms with van der Waals surface area (Å²) >= 11 is 0. The summed E-state index contributed by atoms with van der Waals surface area (Å²) in [6.45, 7) is 2.53. The van der Waals surface area contributed by atoms with Crippen molar-refractivity contribution in [3.05, 3.63) is 0 Å². The Bertz CT molecular complexity index is 153. The molecule has 3 heteroatoms. The van der Waals surface area contributed by atoms with E-state index in [0.717, 1.165) is 12.3 Å². The molecule has 0 saturated carbocycles. The number of nitrogens with two attached hydrogens (primary N) is 1. The number of hydrogen-bond acceptors (Lipinski definition) is 2. The van der Waals surface area contributed by atoms with Crippen LogP contribution in [0.2, 0.25) is 0 Å². The second kappa shape index (κ2) is 5.97. The second-order valence-electron chi connectivity index (χ2n) is 3.78. The molecule has 76 valence electrons. The van der Waals surface area contributed by atoms with Crippen molar-refractivity contribution in [3.8, 4) is 0 Å². The first-order chi connectivity index (χ1) is 6.33. The lowest BCUT2D eigenvalue weighted by atomic mass is 9.92. The van der Waals surface area contributed by atoms with Crippen LogP contribution >= 0.6 is 0 Å². The van der Waals surface area contributed by atoms with Crippen LogP contribution in [-0.2, 0) is 9.53 Å². The zero-order valence-corrected chi connectivity index (χ0v) is 8.42. The average Bonchev–Trinajstić information content (AvgIpc) is 2.19. The Labute approximate surface area is 79.8 Å². The molecule has 0 spiro atoms. The van der Waals surface area contributed by atoms with Crippen molar-refractivity contribution in [1.82, 2.24) is 0 Å². The van der Waals surface area contributed by atoms with Crippen LogP contribution in [-0.4, -0.2) is 26.2 Å². The average molecular weight is 186 g/mol. The number of ether oxygens (including phenoxy) is 1. The summed E-state index contributed by atoms with van der Waals surface area (Å²) in [6.07, 6.45) is 5.43. The number of piperidine rings is 1. The lowest BCUT2D eigenvalue weighted by Crippen LogP contribution is -2.86. The molecule has 1 saturated heterocycles. The van der Waals surface area contributed by atoms with Crippen molar-refractivity contribution in [3.63, 3.8) is 0 Å². The number of hydrogen-bond donors (Lipinski definition) is 1. The van der Waals surface area contributed by atoms with E-state index >= 15 is 0 Å². The molecule has 13 heavy (non-hydrogen) atoms. The van der Waals surface area contributed by atoms with E-state index in [1.54, 1.807) is 0 Å². The molecule has 0 aliphatic carbocycles. The number of rotatable bonds is 4. The highest BCUT2D eigenvalue weighted by atomic mass is 16.5. The van der Waals surface area contributed by atoms with Crippen LogP contribution in [0.25, 0.3) is 0 Å². The van der Waals surface area contributed by atoms with Gasteiger partial charge in [0, 0.05) is 6.42 Å². The van der Waals surface area contributed by atoms with Crippen molar-refractivity contribution < 1.29 is 14.8 Å². The fraction of sp³-hybridized carbons (Fsp3) is 0.900. The fourth-order valence-corrected chi connectivity index (χ4v) is 1.92. The molecule has 0 unspecified atom stereocenters. The molecule has 0 radical (unpaired) electrons. The highest BCUT2D eigenvalue weighted by molar-refractivity contribution is 5.68. The molecule has 1 heterocycles. The summed E-state index contributed by atoms with van der Waals surface area (Å²) in [5, 5.41) is 2.37. The van der Waals surface area contributed by atoms with Crippen LogP contribution in [0.15, 0.2) is 0 Å². The van der Waals surface area contributed by atoms with Gasteiger partial charge in [0.2, 0.25) is 0 Å². The first kappa shape index (κ1) is 10.5. The van der Waals surface area contributed by atoms with Gasteiger partial charge in [0.05, 0.1) is 20.2 Å².